The molecule has 8 nitrogen and oxygen atoms in total. The highest BCUT2D eigenvalue weighted by atomic mass is 32.1. The summed E-state index contributed by atoms with van der Waals surface area (Å²) in [6, 6.07) is 7.73. The lowest BCUT2D eigenvalue weighted by atomic mass is 10.3. The predicted octanol–water partition coefficient (Wildman–Crippen LogP) is 2.66. The number of thiazole rings is 1. The minimum absolute atomic E-state index is 0.278. The monoisotopic (exact) mass is 371 g/mol. The highest BCUT2D eigenvalue weighted by Gasteiger charge is 2.19. The van der Waals surface area contributed by atoms with Crippen molar-refractivity contribution in [2.75, 3.05) is 5.32 Å². The largest absolute Gasteiger partial charge is 0.296 e. The van der Waals surface area contributed by atoms with Gasteiger partial charge >= 0.3 is 0 Å². The number of fused-ring (bicyclic) bond motifs is 1. The summed E-state index contributed by atoms with van der Waals surface area (Å²) in [5.74, 6) is -0.323. The molecule has 0 fully saturated rings. The molecule has 1 aromatic carbocycles. The van der Waals surface area contributed by atoms with Gasteiger partial charge in [0.2, 0.25) is 0 Å². The third kappa shape index (κ3) is 3.01. The fraction of sp³-hybridized carbons (Fsp3) is 0.200. The van der Waals surface area contributed by atoms with E-state index in [1.165, 1.54) is 11.3 Å². The normalized spacial score (nSPS) is 11.1. The molecule has 0 radical (unpaired) electrons. The molecule has 1 N–H and O–H groups in total. The lowest BCUT2D eigenvalue weighted by molar-refractivity contribution is 0.102. The number of nitrogens with zero attached hydrogens (tertiary/aromatic N) is 6. The van der Waals surface area contributed by atoms with E-state index in [-0.39, 0.29) is 11.6 Å². The molecule has 0 aliphatic heterocycles. The van der Waals surface area contributed by atoms with Crippen molar-refractivity contribution in [2.45, 2.75) is 20.4 Å². The van der Waals surface area contributed by atoms with Gasteiger partial charge in [-0.25, -0.2) is 9.67 Å². The number of hydrogen-bond donors (Lipinski definition) is 1. The van der Waals surface area contributed by atoms with Crippen molar-refractivity contribution in [3.63, 3.8) is 0 Å². The van der Waals surface area contributed by atoms with E-state index in [0.29, 0.717) is 17.4 Å². The number of nitrogens with one attached hydrogen (secondary N) is 1. The Hall–Kier alpha value is -2.72. The first kappa shape index (κ1) is 15.8. The van der Waals surface area contributed by atoms with Crippen LogP contribution >= 0.6 is 23.1 Å². The van der Waals surface area contributed by atoms with Gasteiger partial charge in [0.25, 0.3) is 5.91 Å². The van der Waals surface area contributed by atoms with Crippen LogP contribution in [-0.2, 0) is 6.54 Å². The van der Waals surface area contributed by atoms with Crippen LogP contribution in [0.2, 0.25) is 0 Å². The van der Waals surface area contributed by atoms with E-state index in [1.54, 1.807) is 4.68 Å². The third-order valence-corrected chi connectivity index (χ3v) is 5.37. The Bertz CT molecular complexity index is 1030. The van der Waals surface area contributed by atoms with Crippen molar-refractivity contribution in [2.24, 2.45) is 0 Å². The molecule has 0 atom stereocenters. The van der Waals surface area contributed by atoms with Gasteiger partial charge in [-0.3, -0.25) is 10.1 Å². The Labute approximate surface area is 150 Å². The molecular formula is C15H13N7OS2. The second kappa shape index (κ2) is 6.30. The molecule has 3 aromatic heterocycles. The molecule has 0 spiro atoms. The van der Waals surface area contributed by atoms with Gasteiger partial charge in [0.15, 0.2) is 10.8 Å². The summed E-state index contributed by atoms with van der Waals surface area (Å²) in [4.78, 5) is 16.9. The molecule has 0 saturated heterocycles. The zero-order valence-corrected chi connectivity index (χ0v) is 15.1. The van der Waals surface area contributed by atoms with Crippen LogP contribution in [0.5, 0.6) is 0 Å². The van der Waals surface area contributed by atoms with Crippen molar-refractivity contribution in [3.8, 4) is 0 Å². The van der Waals surface area contributed by atoms with Crippen molar-refractivity contribution in [3.05, 3.63) is 47.0 Å². The molecular weight excluding hydrogens is 358 g/mol. The number of aromatic nitrogens is 6. The van der Waals surface area contributed by atoms with E-state index in [1.807, 2.05) is 38.1 Å². The van der Waals surface area contributed by atoms with Crippen LogP contribution in [0.15, 0.2) is 24.3 Å². The minimum Gasteiger partial charge on any atom is -0.296 e. The number of rotatable bonds is 4. The lowest BCUT2D eigenvalue weighted by Crippen LogP contribution is -2.14. The maximum absolute atomic E-state index is 12.5. The topological polar surface area (TPSA) is 98.5 Å². The maximum Gasteiger partial charge on any atom is 0.279 e. The standard InChI is InChI=1S/C15H13N7OS2/c1-8-11(20-25-19-8)7-22-9(2)13(18-21-22)14(23)17-15-16-10-5-3-4-6-12(10)24-15/h3-6H,7H2,1-2H3,(H,16,17,23). The molecule has 25 heavy (non-hydrogen) atoms. The number of benzene rings is 1. The smallest absolute Gasteiger partial charge is 0.279 e. The van der Waals surface area contributed by atoms with Gasteiger partial charge in [-0.15, -0.1) is 5.10 Å². The number of carbonyl (C=O) groups excluding carboxylic acids is 1. The van der Waals surface area contributed by atoms with Crippen LogP contribution in [0, 0.1) is 13.8 Å². The van der Waals surface area contributed by atoms with Gasteiger partial charge in [-0.05, 0) is 26.0 Å². The molecule has 4 aromatic rings. The number of para-hydroxylation sites is 1. The lowest BCUT2D eigenvalue weighted by Gasteiger charge is -2.02. The Morgan fingerprint density at radius 2 is 2.08 bits per heavy atom. The highest BCUT2D eigenvalue weighted by molar-refractivity contribution is 7.22. The fourth-order valence-electron chi connectivity index (χ4n) is 2.34. The molecule has 0 aliphatic rings. The molecule has 4 rings (SSSR count). The summed E-state index contributed by atoms with van der Waals surface area (Å²) in [5, 5.41) is 11.4. The number of hydrogen-bond acceptors (Lipinski definition) is 8. The highest BCUT2D eigenvalue weighted by Crippen LogP contribution is 2.25. The summed E-state index contributed by atoms with van der Waals surface area (Å²) in [6.07, 6.45) is 0. The number of carbonyl (C=O) groups is 1. The van der Waals surface area contributed by atoms with E-state index in [9.17, 15) is 4.79 Å². The Kier molecular flexibility index (Phi) is 3.98. The Morgan fingerprint density at radius 1 is 1.24 bits per heavy atom. The van der Waals surface area contributed by atoms with E-state index in [2.05, 4.69) is 29.4 Å². The van der Waals surface area contributed by atoms with E-state index in [4.69, 9.17) is 0 Å². The van der Waals surface area contributed by atoms with Crippen LogP contribution < -0.4 is 5.32 Å². The Balaban J connectivity index is 1.55. The Morgan fingerprint density at radius 3 is 2.84 bits per heavy atom. The van der Waals surface area contributed by atoms with E-state index >= 15 is 0 Å². The molecule has 1 amide bonds. The molecule has 126 valence electrons. The first-order chi connectivity index (χ1) is 12.1. The molecule has 0 bridgehead atoms. The SMILES string of the molecule is Cc1nsnc1Cn1nnc(C(=O)Nc2nc3ccccc3s2)c1C. The number of amides is 1. The van der Waals surface area contributed by atoms with E-state index < -0.39 is 0 Å². The van der Waals surface area contributed by atoms with Crippen LogP contribution in [0.4, 0.5) is 5.13 Å². The fourth-order valence-corrected chi connectivity index (χ4v) is 3.76. The first-order valence-electron chi connectivity index (χ1n) is 7.47. The van der Waals surface area contributed by atoms with Gasteiger partial charge < -0.3 is 0 Å². The number of anilines is 1. The van der Waals surface area contributed by atoms with Crippen LogP contribution in [0.25, 0.3) is 10.2 Å². The van der Waals surface area contributed by atoms with E-state index in [0.717, 1.165) is 33.3 Å². The molecule has 10 heteroatoms. The summed E-state index contributed by atoms with van der Waals surface area (Å²) < 4.78 is 11.0. The molecule has 0 saturated carbocycles. The summed E-state index contributed by atoms with van der Waals surface area (Å²) in [6.45, 7) is 4.14. The van der Waals surface area contributed by atoms with Gasteiger partial charge in [-0.1, -0.05) is 28.7 Å². The number of aryl methyl sites for hydroxylation is 1. The summed E-state index contributed by atoms with van der Waals surface area (Å²) >= 11 is 2.58. The van der Waals surface area contributed by atoms with Crippen LogP contribution in [0.3, 0.4) is 0 Å². The third-order valence-electron chi connectivity index (χ3n) is 3.76. The second-order valence-corrected chi connectivity index (χ2v) is 6.98. The average Bonchev–Trinajstić information content (AvgIpc) is 3.28. The van der Waals surface area contributed by atoms with Crippen LogP contribution in [-0.4, -0.2) is 34.6 Å². The average molecular weight is 371 g/mol. The molecule has 0 aliphatic carbocycles. The predicted molar refractivity (Wildman–Crippen MR) is 96.1 cm³/mol. The summed E-state index contributed by atoms with van der Waals surface area (Å²) in [5.41, 5.74) is 3.50. The first-order valence-corrected chi connectivity index (χ1v) is 9.01. The quantitative estimate of drug-likeness (QED) is 0.592. The molecule has 3 heterocycles. The van der Waals surface area contributed by atoms with Crippen molar-refractivity contribution >= 4 is 44.3 Å². The van der Waals surface area contributed by atoms with Crippen LogP contribution in [0.1, 0.15) is 27.6 Å². The maximum atomic E-state index is 12.5. The van der Waals surface area contributed by atoms with Gasteiger partial charge in [0.05, 0.1) is 45.6 Å². The molecule has 0 unspecified atom stereocenters. The zero-order valence-electron chi connectivity index (χ0n) is 13.4. The van der Waals surface area contributed by atoms with Gasteiger partial charge in [0, 0.05) is 0 Å². The van der Waals surface area contributed by atoms with Crippen molar-refractivity contribution in [1.82, 2.24) is 28.7 Å². The van der Waals surface area contributed by atoms with Crippen molar-refractivity contribution in [1.29, 1.82) is 0 Å². The van der Waals surface area contributed by atoms with Gasteiger partial charge in [0.1, 0.15) is 0 Å². The second-order valence-electron chi connectivity index (χ2n) is 5.42. The van der Waals surface area contributed by atoms with Gasteiger partial charge in [-0.2, -0.15) is 8.75 Å². The van der Waals surface area contributed by atoms with Crippen molar-refractivity contribution < 1.29 is 4.79 Å². The minimum atomic E-state index is -0.323. The summed E-state index contributed by atoms with van der Waals surface area (Å²) in [7, 11) is 0. The zero-order chi connectivity index (χ0) is 17.4.